The number of benzene rings is 5. The van der Waals surface area contributed by atoms with Crippen LogP contribution in [0.3, 0.4) is 0 Å². The molecule has 0 saturated heterocycles. The number of carbonyl (C=O) groups excluding carboxylic acids is 1. The highest BCUT2D eigenvalue weighted by Gasteiger charge is 2.42. The molecule has 0 fully saturated rings. The van der Waals surface area contributed by atoms with Gasteiger partial charge in [0.1, 0.15) is 5.54 Å². The molecule has 0 aliphatic heterocycles. The first-order valence-electron chi connectivity index (χ1n) is 16.2. The molecule has 12 heteroatoms. The van der Waals surface area contributed by atoms with Gasteiger partial charge >= 0.3 is 17.8 Å². The molecule has 7 rings (SSSR count). The molecule has 2 aromatic heterocycles. The topological polar surface area (TPSA) is 104 Å². The van der Waals surface area contributed by atoms with E-state index in [1.165, 1.54) is 0 Å². The van der Waals surface area contributed by atoms with Crippen LogP contribution in [0.5, 0.6) is 0 Å². The SMILES string of the molecule is CCc1nn(Cc2ccc(-c3ccccc3-c3nnnn3C(c3ccccc3)(c3ccccc3)c3ccccc3)cc2)c(=NC(=O)C(F)(F)F)o1. The third-order valence-electron chi connectivity index (χ3n) is 8.53. The molecule has 0 saturated carbocycles. The van der Waals surface area contributed by atoms with Crippen LogP contribution in [-0.2, 0) is 23.3 Å². The summed E-state index contributed by atoms with van der Waals surface area (Å²) in [7, 11) is 0. The number of amides is 1. The van der Waals surface area contributed by atoms with Crippen LogP contribution in [0.4, 0.5) is 13.2 Å². The van der Waals surface area contributed by atoms with Crippen LogP contribution in [0, 0.1) is 0 Å². The number of rotatable bonds is 9. The highest BCUT2D eigenvalue weighted by Crippen LogP contribution is 2.43. The van der Waals surface area contributed by atoms with Crippen molar-refractivity contribution in [3.8, 4) is 22.5 Å². The number of aromatic nitrogens is 6. The van der Waals surface area contributed by atoms with Gasteiger partial charge in [0.05, 0.1) is 6.54 Å². The minimum absolute atomic E-state index is 0.0292. The molecule has 0 radical (unpaired) electrons. The number of hydrogen-bond donors (Lipinski definition) is 0. The van der Waals surface area contributed by atoms with E-state index in [2.05, 4.69) is 62.0 Å². The Bertz CT molecular complexity index is 2240. The summed E-state index contributed by atoms with van der Waals surface area (Å²) in [4.78, 5) is 14.7. The summed E-state index contributed by atoms with van der Waals surface area (Å²) in [6.45, 7) is 1.76. The lowest BCUT2D eigenvalue weighted by atomic mass is 9.77. The molecule has 0 N–H and O–H groups in total. The van der Waals surface area contributed by atoms with Gasteiger partial charge in [0.2, 0.25) is 5.89 Å². The van der Waals surface area contributed by atoms with Crippen molar-refractivity contribution in [1.29, 1.82) is 0 Å². The van der Waals surface area contributed by atoms with Gasteiger partial charge in [0.15, 0.2) is 5.82 Å². The summed E-state index contributed by atoms with van der Waals surface area (Å²) in [5.41, 5.74) is 4.65. The molecule has 9 nitrogen and oxygen atoms in total. The fraction of sp³-hybridized carbons (Fsp3) is 0.128. The van der Waals surface area contributed by atoms with Crippen molar-refractivity contribution < 1.29 is 22.4 Å². The van der Waals surface area contributed by atoms with E-state index in [1.807, 2.05) is 108 Å². The van der Waals surface area contributed by atoms with Crippen molar-refractivity contribution >= 4 is 5.91 Å². The lowest BCUT2D eigenvalue weighted by Gasteiger charge is -2.36. The Hall–Kier alpha value is -6.43. The molecule has 51 heavy (non-hydrogen) atoms. The predicted molar refractivity (Wildman–Crippen MR) is 183 cm³/mol. The fourth-order valence-corrected chi connectivity index (χ4v) is 6.21. The molecule has 0 spiro atoms. The van der Waals surface area contributed by atoms with Crippen molar-refractivity contribution in [3.05, 3.63) is 173 Å². The number of alkyl halides is 3. The van der Waals surface area contributed by atoms with Crippen LogP contribution in [-0.4, -0.2) is 42.1 Å². The van der Waals surface area contributed by atoms with Gasteiger partial charge in [-0.05, 0) is 43.8 Å². The minimum atomic E-state index is -5.13. The highest BCUT2D eigenvalue weighted by atomic mass is 19.4. The number of tetrazole rings is 1. The number of nitrogens with zero attached hydrogens (tertiary/aromatic N) is 7. The lowest BCUT2D eigenvalue weighted by molar-refractivity contribution is -0.170. The minimum Gasteiger partial charge on any atom is -0.408 e. The van der Waals surface area contributed by atoms with Crippen LogP contribution in [0.25, 0.3) is 22.5 Å². The summed E-state index contributed by atoms with van der Waals surface area (Å²) >= 11 is 0. The van der Waals surface area contributed by atoms with Crippen LogP contribution in [0.1, 0.15) is 35.1 Å². The summed E-state index contributed by atoms with van der Waals surface area (Å²) in [6, 6.07) is 45.7. The van der Waals surface area contributed by atoms with Crippen LogP contribution in [0.15, 0.2) is 149 Å². The summed E-state index contributed by atoms with van der Waals surface area (Å²) in [5.74, 6) is -1.57. The Morgan fingerprint density at radius 1 is 0.725 bits per heavy atom. The monoisotopic (exact) mass is 685 g/mol. The van der Waals surface area contributed by atoms with Gasteiger partial charge in [-0.2, -0.15) is 18.2 Å². The second kappa shape index (κ2) is 13.8. The molecule has 2 heterocycles. The second-order valence-corrected chi connectivity index (χ2v) is 11.7. The van der Waals surface area contributed by atoms with Crippen LogP contribution in [0.2, 0.25) is 0 Å². The molecule has 254 valence electrons. The van der Waals surface area contributed by atoms with Gasteiger partial charge in [-0.1, -0.05) is 146 Å². The zero-order valence-electron chi connectivity index (χ0n) is 27.3. The maximum Gasteiger partial charge on any atom is 0.473 e. The quantitative estimate of drug-likeness (QED) is 0.149. The van der Waals surface area contributed by atoms with Crippen LogP contribution >= 0.6 is 0 Å². The predicted octanol–water partition coefficient (Wildman–Crippen LogP) is 7.24. The summed E-state index contributed by atoms with van der Waals surface area (Å²) < 4.78 is 47.2. The number of carbonyl (C=O) groups is 1. The Kier molecular flexibility index (Phi) is 8.97. The normalized spacial score (nSPS) is 12.3. The molecule has 0 atom stereocenters. The number of halogens is 3. The largest absolute Gasteiger partial charge is 0.473 e. The van der Waals surface area contributed by atoms with Crippen molar-refractivity contribution in [1.82, 2.24) is 30.0 Å². The van der Waals surface area contributed by atoms with Gasteiger partial charge in [-0.3, -0.25) is 4.79 Å². The van der Waals surface area contributed by atoms with Gasteiger partial charge in [0, 0.05) is 12.0 Å². The maximum absolute atomic E-state index is 12.9. The van der Waals surface area contributed by atoms with Crippen LogP contribution < -0.4 is 5.68 Å². The highest BCUT2D eigenvalue weighted by molar-refractivity contribution is 5.82. The van der Waals surface area contributed by atoms with E-state index in [0.29, 0.717) is 17.8 Å². The Balaban J connectivity index is 1.32. The number of hydrogen-bond acceptors (Lipinski definition) is 6. The van der Waals surface area contributed by atoms with E-state index in [1.54, 1.807) is 6.92 Å². The molecule has 0 bridgehead atoms. The van der Waals surface area contributed by atoms with E-state index in [4.69, 9.17) is 4.42 Å². The molecular weight excluding hydrogens is 655 g/mol. The van der Waals surface area contributed by atoms with Crippen molar-refractivity contribution in [2.75, 3.05) is 0 Å². The first-order valence-corrected chi connectivity index (χ1v) is 16.2. The fourth-order valence-electron chi connectivity index (χ4n) is 6.21. The summed E-state index contributed by atoms with van der Waals surface area (Å²) in [5, 5.41) is 17.7. The molecule has 7 aromatic rings. The standard InChI is InChI=1S/C39H30F3N7O2/c1-2-34-45-48(37(51-34)43-36(50)39(40,41)42)26-27-22-24-28(25-23-27)32-20-12-13-21-33(32)35-44-46-47-49(35)38(29-14-6-3-7-15-29,30-16-8-4-9-17-30)31-18-10-5-11-19-31/h3-25H,2,26H2,1H3. The van der Waals surface area contributed by atoms with Gasteiger partial charge in [0.25, 0.3) is 0 Å². The Labute approximate surface area is 290 Å². The van der Waals surface area contributed by atoms with E-state index in [0.717, 1.165) is 38.1 Å². The van der Waals surface area contributed by atoms with E-state index < -0.39 is 23.3 Å². The van der Waals surface area contributed by atoms with Gasteiger partial charge in [-0.15, -0.1) is 10.2 Å². The van der Waals surface area contributed by atoms with E-state index in [-0.39, 0.29) is 12.4 Å². The average molecular weight is 686 g/mol. The van der Waals surface area contributed by atoms with Gasteiger partial charge < -0.3 is 4.42 Å². The average Bonchev–Trinajstić information content (AvgIpc) is 3.81. The zero-order chi connectivity index (χ0) is 35.4. The molecule has 0 aliphatic rings. The molecule has 0 aliphatic carbocycles. The third-order valence-corrected chi connectivity index (χ3v) is 8.53. The van der Waals surface area contributed by atoms with Crippen molar-refractivity contribution in [2.45, 2.75) is 31.6 Å². The first-order chi connectivity index (χ1) is 24.8. The Morgan fingerprint density at radius 3 is 1.78 bits per heavy atom. The van der Waals surface area contributed by atoms with Crippen molar-refractivity contribution in [3.63, 3.8) is 0 Å². The second-order valence-electron chi connectivity index (χ2n) is 11.7. The lowest BCUT2D eigenvalue weighted by Crippen LogP contribution is -2.39. The zero-order valence-corrected chi connectivity index (χ0v) is 27.3. The number of aryl methyl sites for hydroxylation is 1. The summed E-state index contributed by atoms with van der Waals surface area (Å²) in [6.07, 6.45) is -4.82. The maximum atomic E-state index is 12.9. The molecule has 1 amide bonds. The smallest absolute Gasteiger partial charge is 0.408 e. The van der Waals surface area contributed by atoms with Gasteiger partial charge in [-0.25, -0.2) is 9.36 Å². The molecule has 0 unspecified atom stereocenters. The van der Waals surface area contributed by atoms with E-state index in [9.17, 15) is 18.0 Å². The van der Waals surface area contributed by atoms with E-state index >= 15 is 0 Å². The Morgan fingerprint density at radius 2 is 1.25 bits per heavy atom. The van der Waals surface area contributed by atoms with Crippen molar-refractivity contribution in [2.24, 2.45) is 4.99 Å². The molecular formula is C39H30F3N7O2. The first kappa shape index (κ1) is 33.1. The third kappa shape index (κ3) is 6.39. The molecule has 5 aromatic carbocycles.